The number of fused-ring (bicyclic) bond motifs is 2. The van der Waals surface area contributed by atoms with Gasteiger partial charge in [0.15, 0.2) is 9.84 Å². The number of methoxy groups -OCH3 is 1. The Morgan fingerprint density at radius 1 is 1.03 bits per heavy atom. The minimum Gasteiger partial charge on any atom is -0.497 e. The molecule has 1 N–H and O–H groups in total. The van der Waals surface area contributed by atoms with Crippen molar-refractivity contribution >= 4 is 21.7 Å². The third-order valence-electron chi connectivity index (χ3n) is 6.22. The summed E-state index contributed by atoms with van der Waals surface area (Å²) in [6, 6.07) is 15.0. The van der Waals surface area contributed by atoms with Gasteiger partial charge in [-0.2, -0.15) is 0 Å². The Morgan fingerprint density at radius 2 is 1.71 bits per heavy atom. The minimum atomic E-state index is -3.42. The first-order valence-corrected chi connectivity index (χ1v) is 12.0. The molecule has 2 heterocycles. The number of nitrogens with one attached hydrogen (secondary N) is 1. The Balaban J connectivity index is 1.39. The fourth-order valence-corrected chi connectivity index (χ4v) is 6.58. The first kappa shape index (κ1) is 21.4. The highest BCUT2D eigenvalue weighted by Crippen LogP contribution is 2.39. The summed E-state index contributed by atoms with van der Waals surface area (Å²) in [5.41, 5.74) is 0.419. The summed E-state index contributed by atoms with van der Waals surface area (Å²) in [5, 5.41) is 2.20. The van der Waals surface area contributed by atoms with Gasteiger partial charge in [-0.15, -0.1) is 0 Å². The van der Waals surface area contributed by atoms with E-state index in [1.165, 1.54) is 7.11 Å². The zero-order valence-electron chi connectivity index (χ0n) is 17.4. The molecule has 164 valence electrons. The normalized spacial score (nSPS) is 22.7. The van der Waals surface area contributed by atoms with Gasteiger partial charge in [0.25, 0.3) is 5.91 Å². The molecule has 2 amide bonds. The second-order valence-corrected chi connectivity index (χ2v) is 10.3. The highest BCUT2D eigenvalue weighted by molar-refractivity contribution is 7.92. The van der Waals surface area contributed by atoms with Gasteiger partial charge in [0.1, 0.15) is 5.75 Å². The van der Waals surface area contributed by atoms with E-state index in [1.54, 1.807) is 59.5 Å². The molecule has 1 unspecified atom stereocenters. The molecule has 4 rings (SSSR count). The van der Waals surface area contributed by atoms with E-state index in [1.807, 2.05) is 0 Å². The molecule has 2 aromatic carbocycles. The quantitative estimate of drug-likeness (QED) is 0.742. The Kier molecular flexibility index (Phi) is 6.00. The zero-order chi connectivity index (χ0) is 22.0. The fraction of sp³-hybridized carbons (Fsp3) is 0.391. The number of nitrogens with zero attached hydrogens (tertiary/aromatic N) is 1. The fourth-order valence-electron chi connectivity index (χ4n) is 4.70. The summed E-state index contributed by atoms with van der Waals surface area (Å²) in [6.07, 6.45) is 2.45. The van der Waals surface area contributed by atoms with E-state index < -0.39 is 15.1 Å². The standard InChI is InChI=1S/C23H26N2O5S/c1-30-19-7-5-6-16(12-19)23(27)24-15-22(26)25-17-10-11-18(25)14-21(13-17)31(28,29)20-8-3-2-4-9-20/h2-9,12,17-18,21H,10-11,13-15H2,1H3,(H,24,27)/t17-,18+,21?. The van der Waals surface area contributed by atoms with Crippen LogP contribution in [0.4, 0.5) is 0 Å². The second kappa shape index (κ2) is 8.70. The molecule has 2 aromatic rings. The molecule has 0 spiro atoms. The van der Waals surface area contributed by atoms with Crippen molar-refractivity contribution in [1.29, 1.82) is 0 Å². The molecule has 2 fully saturated rings. The Morgan fingerprint density at radius 3 is 2.35 bits per heavy atom. The van der Waals surface area contributed by atoms with Crippen LogP contribution in [0.25, 0.3) is 0 Å². The van der Waals surface area contributed by atoms with Crippen molar-refractivity contribution in [2.75, 3.05) is 13.7 Å². The molecule has 8 heteroatoms. The third-order valence-corrected chi connectivity index (χ3v) is 8.41. The summed E-state index contributed by atoms with van der Waals surface area (Å²) in [5.74, 6) is 0.0548. The highest BCUT2D eigenvalue weighted by atomic mass is 32.2. The van der Waals surface area contributed by atoms with Crippen LogP contribution in [0.2, 0.25) is 0 Å². The van der Waals surface area contributed by atoms with E-state index in [4.69, 9.17) is 4.74 Å². The Labute approximate surface area is 182 Å². The number of hydrogen-bond donors (Lipinski definition) is 1. The van der Waals surface area contributed by atoms with Crippen molar-refractivity contribution in [1.82, 2.24) is 10.2 Å². The van der Waals surface area contributed by atoms with Crippen LogP contribution in [0.5, 0.6) is 5.75 Å². The maximum Gasteiger partial charge on any atom is 0.251 e. The number of sulfone groups is 1. The first-order chi connectivity index (χ1) is 14.9. The lowest BCUT2D eigenvalue weighted by Crippen LogP contribution is -2.52. The Bertz CT molecular complexity index is 1060. The predicted octanol–water partition coefficient (Wildman–Crippen LogP) is 2.42. The summed E-state index contributed by atoms with van der Waals surface area (Å²) in [4.78, 5) is 27.4. The van der Waals surface area contributed by atoms with Gasteiger partial charge in [-0.3, -0.25) is 9.59 Å². The van der Waals surface area contributed by atoms with E-state index in [9.17, 15) is 18.0 Å². The van der Waals surface area contributed by atoms with Gasteiger partial charge in [-0.05, 0) is 56.0 Å². The number of carbonyl (C=O) groups is 2. The van der Waals surface area contributed by atoms with Crippen molar-refractivity contribution in [3.05, 3.63) is 60.2 Å². The lowest BCUT2D eigenvalue weighted by atomic mass is 10.0. The summed E-state index contributed by atoms with van der Waals surface area (Å²) in [7, 11) is -1.90. The van der Waals surface area contributed by atoms with Crippen molar-refractivity contribution in [2.24, 2.45) is 0 Å². The van der Waals surface area contributed by atoms with E-state index in [0.29, 0.717) is 29.1 Å². The van der Waals surface area contributed by atoms with E-state index in [0.717, 1.165) is 12.8 Å². The average Bonchev–Trinajstić information content (AvgIpc) is 3.06. The van der Waals surface area contributed by atoms with Crippen LogP contribution in [0, 0.1) is 0 Å². The topological polar surface area (TPSA) is 92.8 Å². The number of hydrogen-bond acceptors (Lipinski definition) is 5. The molecular formula is C23H26N2O5S. The number of piperidine rings is 1. The monoisotopic (exact) mass is 442 g/mol. The van der Waals surface area contributed by atoms with Crippen molar-refractivity contribution < 1.29 is 22.7 Å². The van der Waals surface area contributed by atoms with Gasteiger partial charge in [0.05, 0.1) is 23.8 Å². The van der Waals surface area contributed by atoms with Gasteiger partial charge in [0, 0.05) is 17.6 Å². The maximum absolute atomic E-state index is 13.0. The molecule has 0 saturated carbocycles. The molecular weight excluding hydrogens is 416 g/mol. The molecule has 0 radical (unpaired) electrons. The molecule has 7 nitrogen and oxygen atoms in total. The number of amides is 2. The molecule has 0 aliphatic carbocycles. The number of benzene rings is 2. The number of ether oxygens (including phenoxy) is 1. The van der Waals surface area contributed by atoms with Gasteiger partial charge in [0.2, 0.25) is 5.91 Å². The van der Waals surface area contributed by atoms with E-state index in [-0.39, 0.29) is 30.4 Å². The van der Waals surface area contributed by atoms with Gasteiger partial charge >= 0.3 is 0 Å². The molecule has 3 atom stereocenters. The lowest BCUT2D eigenvalue weighted by Gasteiger charge is -2.38. The summed E-state index contributed by atoms with van der Waals surface area (Å²) >= 11 is 0. The van der Waals surface area contributed by atoms with E-state index >= 15 is 0 Å². The van der Waals surface area contributed by atoms with Crippen LogP contribution < -0.4 is 10.1 Å². The van der Waals surface area contributed by atoms with Gasteiger partial charge < -0.3 is 15.0 Å². The Hall–Kier alpha value is -2.87. The number of carbonyl (C=O) groups excluding carboxylic acids is 2. The maximum atomic E-state index is 13.0. The smallest absolute Gasteiger partial charge is 0.251 e. The summed E-state index contributed by atoms with van der Waals surface area (Å²) in [6.45, 7) is -0.112. The van der Waals surface area contributed by atoms with Gasteiger partial charge in [-0.25, -0.2) is 8.42 Å². The molecule has 2 aliphatic heterocycles. The molecule has 0 aromatic heterocycles. The highest BCUT2D eigenvalue weighted by Gasteiger charge is 2.47. The average molecular weight is 443 g/mol. The molecule has 2 saturated heterocycles. The summed E-state index contributed by atoms with van der Waals surface area (Å²) < 4.78 is 31.2. The van der Waals surface area contributed by atoms with Crippen molar-refractivity contribution in [3.63, 3.8) is 0 Å². The van der Waals surface area contributed by atoms with E-state index in [2.05, 4.69) is 5.32 Å². The van der Waals surface area contributed by atoms with Crippen LogP contribution in [0.1, 0.15) is 36.0 Å². The van der Waals surface area contributed by atoms with Crippen LogP contribution in [0.15, 0.2) is 59.5 Å². The van der Waals surface area contributed by atoms with Crippen LogP contribution in [0.3, 0.4) is 0 Å². The molecule has 31 heavy (non-hydrogen) atoms. The van der Waals surface area contributed by atoms with Crippen molar-refractivity contribution in [2.45, 2.75) is 47.9 Å². The van der Waals surface area contributed by atoms with Crippen LogP contribution in [-0.2, 0) is 14.6 Å². The predicted molar refractivity (Wildman–Crippen MR) is 116 cm³/mol. The zero-order valence-corrected chi connectivity index (χ0v) is 18.2. The third kappa shape index (κ3) is 4.30. The van der Waals surface area contributed by atoms with Gasteiger partial charge in [-0.1, -0.05) is 24.3 Å². The second-order valence-electron chi connectivity index (χ2n) is 8.05. The number of rotatable bonds is 6. The van der Waals surface area contributed by atoms with Crippen LogP contribution >= 0.6 is 0 Å². The van der Waals surface area contributed by atoms with Crippen LogP contribution in [-0.4, -0.2) is 56.1 Å². The van der Waals surface area contributed by atoms with Crippen molar-refractivity contribution in [3.8, 4) is 5.75 Å². The lowest BCUT2D eigenvalue weighted by molar-refractivity contribution is -0.134. The first-order valence-electron chi connectivity index (χ1n) is 10.4. The molecule has 2 bridgehead atoms. The minimum absolute atomic E-state index is 0.108. The largest absolute Gasteiger partial charge is 0.497 e. The SMILES string of the molecule is COc1cccc(C(=O)NCC(=O)N2[C@@H]3CC[C@H]2CC(S(=O)(=O)c2ccccc2)C3)c1. The molecule has 2 aliphatic rings.